The van der Waals surface area contributed by atoms with Crippen LogP contribution in [0.5, 0.6) is 0 Å². The van der Waals surface area contributed by atoms with E-state index in [-0.39, 0.29) is 25.4 Å². The predicted molar refractivity (Wildman–Crippen MR) is 60.6 cm³/mol. The average Bonchev–Trinajstić information content (AvgIpc) is 2.62. The summed E-state index contributed by atoms with van der Waals surface area (Å²) in [5.74, 6) is -0.232. The Kier molecular flexibility index (Phi) is 3.30. The smallest absolute Gasteiger partial charge is 0.237 e. The Morgan fingerprint density at radius 3 is 2.76 bits per heavy atom. The highest BCUT2D eigenvalue weighted by molar-refractivity contribution is 8.14. The molecule has 1 aromatic rings. The van der Waals surface area contributed by atoms with Crippen LogP contribution < -0.4 is 0 Å². The number of rotatable bonds is 3. The van der Waals surface area contributed by atoms with Crippen molar-refractivity contribution >= 4 is 25.6 Å². The van der Waals surface area contributed by atoms with Crippen molar-refractivity contribution in [3.05, 3.63) is 24.3 Å². The fraction of sp³-hybridized carbons (Fsp3) is 0.444. The normalized spacial score (nSPS) is 20.9. The zero-order valence-corrected chi connectivity index (χ0v) is 10.4. The van der Waals surface area contributed by atoms with Gasteiger partial charge in [-0.1, -0.05) is 0 Å². The summed E-state index contributed by atoms with van der Waals surface area (Å²) in [6.45, 7) is 0.372. The van der Waals surface area contributed by atoms with Crippen LogP contribution in [0.25, 0.3) is 0 Å². The third-order valence-corrected chi connectivity index (χ3v) is 4.41. The molecule has 8 heteroatoms. The lowest BCUT2D eigenvalue weighted by molar-refractivity contribution is -0.128. The molecule has 2 heterocycles. The third-order valence-electron chi connectivity index (χ3n) is 2.55. The number of halogens is 1. The predicted octanol–water partition coefficient (Wildman–Crippen LogP) is 0.146. The summed E-state index contributed by atoms with van der Waals surface area (Å²) in [5, 5.41) is -0.826. The number of carbonyl (C=O) groups is 1. The van der Waals surface area contributed by atoms with Crippen molar-refractivity contribution in [1.82, 2.24) is 14.9 Å². The molecule has 0 spiro atoms. The molecule has 92 valence electrons. The second-order valence-electron chi connectivity index (χ2n) is 3.77. The molecule has 0 aliphatic carbocycles. The highest BCUT2D eigenvalue weighted by atomic mass is 35.7. The molecule has 1 fully saturated rings. The van der Waals surface area contributed by atoms with E-state index in [1.54, 1.807) is 0 Å². The molecule has 0 bridgehead atoms. The number of hydrogen-bond donors (Lipinski definition) is 0. The molecule has 0 radical (unpaired) electrons. The van der Waals surface area contributed by atoms with Gasteiger partial charge in [0.05, 0.1) is 18.4 Å². The van der Waals surface area contributed by atoms with Crippen molar-refractivity contribution < 1.29 is 13.2 Å². The fourth-order valence-corrected chi connectivity index (χ4v) is 2.74. The standard InChI is InChI=1S/C9H10ClN3O3S/c10-17(15,16)8-3-9(14)13(6-8)5-7-4-11-1-2-12-7/h1-2,4,8H,3,5-6H2. The summed E-state index contributed by atoms with van der Waals surface area (Å²) in [7, 11) is 1.55. The number of amides is 1. The molecule has 2 rings (SSSR count). The quantitative estimate of drug-likeness (QED) is 0.734. The van der Waals surface area contributed by atoms with Crippen LogP contribution in [0.4, 0.5) is 0 Å². The molecular formula is C9H10ClN3O3S. The van der Waals surface area contributed by atoms with Crippen LogP contribution in [0.3, 0.4) is 0 Å². The van der Waals surface area contributed by atoms with Crippen LogP contribution in [0, 0.1) is 0 Å². The van der Waals surface area contributed by atoms with Crippen LogP contribution in [0.1, 0.15) is 12.1 Å². The Hall–Kier alpha value is -1.21. The Morgan fingerprint density at radius 2 is 2.24 bits per heavy atom. The third kappa shape index (κ3) is 2.92. The molecule has 1 unspecified atom stereocenters. The van der Waals surface area contributed by atoms with Crippen molar-refractivity contribution in [2.75, 3.05) is 6.54 Å². The minimum absolute atomic E-state index is 0.0634. The van der Waals surface area contributed by atoms with E-state index in [0.29, 0.717) is 5.69 Å². The van der Waals surface area contributed by atoms with Gasteiger partial charge in [-0.15, -0.1) is 0 Å². The minimum atomic E-state index is -3.69. The minimum Gasteiger partial charge on any atom is -0.335 e. The van der Waals surface area contributed by atoms with Crippen molar-refractivity contribution in [2.45, 2.75) is 18.2 Å². The molecule has 6 nitrogen and oxygen atoms in total. The van der Waals surface area contributed by atoms with Crippen LogP contribution in [-0.4, -0.2) is 41.0 Å². The molecule has 1 aliphatic heterocycles. The summed E-state index contributed by atoms with van der Waals surface area (Å²) < 4.78 is 22.3. The van der Waals surface area contributed by atoms with Gasteiger partial charge >= 0.3 is 0 Å². The van der Waals surface area contributed by atoms with Gasteiger partial charge in [0.2, 0.25) is 15.0 Å². The number of hydrogen-bond acceptors (Lipinski definition) is 5. The summed E-state index contributed by atoms with van der Waals surface area (Å²) in [6, 6.07) is 0. The maximum Gasteiger partial charge on any atom is 0.237 e. The van der Waals surface area contributed by atoms with Crippen LogP contribution in [-0.2, 0) is 20.4 Å². The Morgan fingerprint density at radius 1 is 1.47 bits per heavy atom. The number of carbonyl (C=O) groups excluding carboxylic acids is 1. The monoisotopic (exact) mass is 275 g/mol. The zero-order valence-electron chi connectivity index (χ0n) is 8.78. The fourth-order valence-electron chi connectivity index (χ4n) is 1.68. The molecule has 0 N–H and O–H groups in total. The van der Waals surface area contributed by atoms with E-state index in [4.69, 9.17) is 10.7 Å². The second-order valence-corrected chi connectivity index (χ2v) is 6.68. The maximum atomic E-state index is 11.6. The van der Waals surface area contributed by atoms with E-state index in [1.165, 1.54) is 23.5 Å². The highest BCUT2D eigenvalue weighted by Gasteiger charge is 2.37. The zero-order chi connectivity index (χ0) is 12.5. The van der Waals surface area contributed by atoms with Gasteiger partial charge in [-0.25, -0.2) is 8.42 Å². The highest BCUT2D eigenvalue weighted by Crippen LogP contribution is 2.22. The molecular weight excluding hydrogens is 266 g/mol. The van der Waals surface area contributed by atoms with E-state index >= 15 is 0 Å². The van der Waals surface area contributed by atoms with Crippen molar-refractivity contribution in [3.8, 4) is 0 Å². The van der Waals surface area contributed by atoms with E-state index in [0.717, 1.165) is 0 Å². The lowest BCUT2D eigenvalue weighted by Crippen LogP contribution is -2.27. The molecule has 1 atom stereocenters. The topological polar surface area (TPSA) is 80.2 Å². The molecule has 0 aromatic carbocycles. The van der Waals surface area contributed by atoms with Crippen molar-refractivity contribution in [1.29, 1.82) is 0 Å². The molecule has 1 aromatic heterocycles. The molecule has 17 heavy (non-hydrogen) atoms. The Labute approximate surface area is 103 Å². The van der Waals surface area contributed by atoms with Gasteiger partial charge in [0.25, 0.3) is 0 Å². The van der Waals surface area contributed by atoms with Crippen molar-refractivity contribution in [3.63, 3.8) is 0 Å². The summed E-state index contributed by atoms with van der Waals surface area (Å²) >= 11 is 0. The summed E-state index contributed by atoms with van der Waals surface area (Å²) in [4.78, 5) is 20.9. The van der Waals surface area contributed by atoms with Gasteiger partial charge in [-0.2, -0.15) is 0 Å². The van der Waals surface area contributed by atoms with Gasteiger partial charge in [-0.05, 0) is 0 Å². The van der Waals surface area contributed by atoms with Crippen LogP contribution in [0.15, 0.2) is 18.6 Å². The van der Waals surface area contributed by atoms with E-state index in [2.05, 4.69) is 9.97 Å². The number of aromatic nitrogens is 2. The number of likely N-dealkylation sites (tertiary alicyclic amines) is 1. The number of nitrogens with zero attached hydrogens (tertiary/aromatic N) is 3. The maximum absolute atomic E-state index is 11.6. The van der Waals surface area contributed by atoms with E-state index in [1.807, 2.05) is 0 Å². The summed E-state index contributed by atoms with van der Waals surface area (Å²) in [6.07, 6.45) is 4.52. The Bertz CT molecular complexity index is 520. The van der Waals surface area contributed by atoms with Gasteiger partial charge in [0, 0.05) is 36.0 Å². The van der Waals surface area contributed by atoms with Gasteiger partial charge < -0.3 is 4.90 Å². The van der Waals surface area contributed by atoms with Gasteiger partial charge in [0.1, 0.15) is 5.25 Å². The largest absolute Gasteiger partial charge is 0.335 e. The van der Waals surface area contributed by atoms with E-state index < -0.39 is 14.3 Å². The van der Waals surface area contributed by atoms with Gasteiger partial charge in [0.15, 0.2) is 0 Å². The first-order chi connectivity index (χ1) is 7.97. The Balaban J connectivity index is 2.07. The molecule has 1 aliphatic rings. The van der Waals surface area contributed by atoms with Crippen molar-refractivity contribution in [2.24, 2.45) is 0 Å². The second kappa shape index (κ2) is 4.58. The average molecular weight is 276 g/mol. The summed E-state index contributed by atoms with van der Waals surface area (Å²) in [5.41, 5.74) is 0.619. The molecule has 1 amide bonds. The molecule has 0 saturated carbocycles. The lowest BCUT2D eigenvalue weighted by Gasteiger charge is -2.14. The lowest BCUT2D eigenvalue weighted by atomic mass is 10.4. The molecule has 1 saturated heterocycles. The first-order valence-corrected chi connectivity index (χ1v) is 7.30. The first-order valence-electron chi connectivity index (χ1n) is 4.93. The van der Waals surface area contributed by atoms with E-state index in [9.17, 15) is 13.2 Å². The van der Waals surface area contributed by atoms with Gasteiger partial charge in [-0.3, -0.25) is 14.8 Å². The first kappa shape index (κ1) is 12.3. The van der Waals surface area contributed by atoms with Crippen LogP contribution >= 0.6 is 10.7 Å². The SMILES string of the molecule is O=C1CC(S(=O)(=O)Cl)CN1Cc1cnccn1. The van der Waals surface area contributed by atoms with Crippen LogP contribution in [0.2, 0.25) is 0 Å².